The first-order valence-electron chi connectivity index (χ1n) is 6.45. The standard InChI is InChI=1S/C18H15N/c1-11-4-6-14-15-7-5-12(2)9-17(15)18(10-19)13(3)16(14)8-11/h4-9H,1-3H3. The summed E-state index contributed by atoms with van der Waals surface area (Å²) in [4.78, 5) is 0. The second kappa shape index (κ2) is 4.10. The molecule has 0 N–H and O–H groups in total. The van der Waals surface area contributed by atoms with Crippen LogP contribution in [0.2, 0.25) is 0 Å². The predicted molar refractivity (Wildman–Crippen MR) is 80.4 cm³/mol. The molecule has 0 fully saturated rings. The Morgan fingerprint density at radius 3 is 1.84 bits per heavy atom. The molecule has 3 aromatic rings. The molecule has 1 nitrogen and oxygen atoms in total. The number of nitrogens with zero attached hydrogens (tertiary/aromatic N) is 1. The quantitative estimate of drug-likeness (QED) is 0.522. The van der Waals surface area contributed by atoms with Gasteiger partial charge in [0.25, 0.3) is 0 Å². The molecule has 0 aliphatic carbocycles. The van der Waals surface area contributed by atoms with Gasteiger partial charge in [-0.3, -0.25) is 0 Å². The molecular formula is C18H15N. The number of fused-ring (bicyclic) bond motifs is 3. The topological polar surface area (TPSA) is 23.8 Å². The molecule has 0 unspecified atom stereocenters. The number of hydrogen-bond donors (Lipinski definition) is 0. The fourth-order valence-electron chi connectivity index (χ4n) is 2.78. The minimum Gasteiger partial charge on any atom is -0.192 e. The van der Waals surface area contributed by atoms with E-state index < -0.39 is 0 Å². The molecule has 3 aromatic carbocycles. The summed E-state index contributed by atoms with van der Waals surface area (Å²) in [7, 11) is 0. The fraction of sp³-hybridized carbons (Fsp3) is 0.167. The van der Waals surface area contributed by atoms with Gasteiger partial charge in [-0.2, -0.15) is 5.26 Å². The number of aryl methyl sites for hydroxylation is 3. The van der Waals surface area contributed by atoms with E-state index in [4.69, 9.17) is 0 Å². The van der Waals surface area contributed by atoms with Crippen LogP contribution in [-0.4, -0.2) is 0 Å². The normalized spacial score (nSPS) is 10.8. The zero-order valence-electron chi connectivity index (χ0n) is 11.4. The van der Waals surface area contributed by atoms with Crippen LogP contribution < -0.4 is 0 Å². The van der Waals surface area contributed by atoms with Gasteiger partial charge in [0, 0.05) is 5.39 Å². The van der Waals surface area contributed by atoms with Crippen LogP contribution in [0.1, 0.15) is 22.3 Å². The van der Waals surface area contributed by atoms with Crippen LogP contribution in [0.15, 0.2) is 36.4 Å². The summed E-state index contributed by atoms with van der Waals surface area (Å²) in [6.07, 6.45) is 0. The van der Waals surface area contributed by atoms with E-state index >= 15 is 0 Å². The molecule has 0 spiro atoms. The molecular weight excluding hydrogens is 230 g/mol. The summed E-state index contributed by atoms with van der Waals surface area (Å²) >= 11 is 0. The summed E-state index contributed by atoms with van der Waals surface area (Å²) in [6.45, 7) is 6.20. The molecule has 0 radical (unpaired) electrons. The van der Waals surface area contributed by atoms with E-state index in [2.05, 4.69) is 56.3 Å². The van der Waals surface area contributed by atoms with Crippen molar-refractivity contribution in [2.75, 3.05) is 0 Å². The lowest BCUT2D eigenvalue weighted by atomic mass is 9.91. The maximum absolute atomic E-state index is 9.49. The van der Waals surface area contributed by atoms with Crippen molar-refractivity contribution in [1.82, 2.24) is 0 Å². The molecule has 92 valence electrons. The number of nitriles is 1. The highest BCUT2D eigenvalue weighted by Crippen LogP contribution is 2.33. The molecule has 0 atom stereocenters. The minimum atomic E-state index is 0.803. The van der Waals surface area contributed by atoms with E-state index in [0.717, 1.165) is 16.5 Å². The number of benzene rings is 3. The van der Waals surface area contributed by atoms with Gasteiger partial charge in [-0.25, -0.2) is 0 Å². The lowest BCUT2D eigenvalue weighted by Crippen LogP contribution is -1.91. The van der Waals surface area contributed by atoms with Crippen molar-refractivity contribution in [3.63, 3.8) is 0 Å². The summed E-state index contributed by atoms with van der Waals surface area (Å²) in [5.41, 5.74) is 4.30. The Labute approximate surface area is 113 Å². The molecule has 0 aliphatic rings. The highest BCUT2D eigenvalue weighted by Gasteiger charge is 2.11. The van der Waals surface area contributed by atoms with Gasteiger partial charge in [-0.05, 0) is 42.5 Å². The average Bonchev–Trinajstić information content (AvgIpc) is 2.39. The Balaban J connectivity index is 2.65. The van der Waals surface area contributed by atoms with E-state index in [1.54, 1.807) is 0 Å². The van der Waals surface area contributed by atoms with Gasteiger partial charge >= 0.3 is 0 Å². The summed E-state index contributed by atoms with van der Waals surface area (Å²) in [5.74, 6) is 0. The van der Waals surface area contributed by atoms with E-state index in [1.165, 1.54) is 27.3 Å². The first-order chi connectivity index (χ1) is 9.11. The highest BCUT2D eigenvalue weighted by molar-refractivity contribution is 6.11. The van der Waals surface area contributed by atoms with Crippen LogP contribution in [0.25, 0.3) is 21.5 Å². The van der Waals surface area contributed by atoms with Crippen molar-refractivity contribution in [3.05, 3.63) is 58.7 Å². The maximum Gasteiger partial charge on any atom is 0.100 e. The van der Waals surface area contributed by atoms with Gasteiger partial charge in [-0.1, -0.05) is 47.5 Å². The zero-order valence-corrected chi connectivity index (χ0v) is 11.4. The van der Waals surface area contributed by atoms with Gasteiger partial charge in [0.1, 0.15) is 6.07 Å². The smallest absolute Gasteiger partial charge is 0.100 e. The summed E-state index contributed by atoms with van der Waals surface area (Å²) in [6, 6.07) is 15.2. The Morgan fingerprint density at radius 2 is 1.26 bits per heavy atom. The molecule has 3 rings (SSSR count). The van der Waals surface area contributed by atoms with Gasteiger partial charge < -0.3 is 0 Å². The lowest BCUT2D eigenvalue weighted by molar-refractivity contribution is 1.43. The van der Waals surface area contributed by atoms with Crippen molar-refractivity contribution in [2.45, 2.75) is 20.8 Å². The Hall–Kier alpha value is -2.33. The average molecular weight is 245 g/mol. The molecule has 0 aliphatic heterocycles. The molecule has 19 heavy (non-hydrogen) atoms. The van der Waals surface area contributed by atoms with Gasteiger partial charge in [-0.15, -0.1) is 0 Å². The van der Waals surface area contributed by atoms with Crippen molar-refractivity contribution in [3.8, 4) is 6.07 Å². The Morgan fingerprint density at radius 1 is 0.737 bits per heavy atom. The van der Waals surface area contributed by atoms with Crippen molar-refractivity contribution < 1.29 is 0 Å². The third kappa shape index (κ3) is 1.69. The number of hydrogen-bond acceptors (Lipinski definition) is 1. The second-order valence-electron chi connectivity index (χ2n) is 5.21. The monoisotopic (exact) mass is 245 g/mol. The molecule has 0 saturated carbocycles. The van der Waals surface area contributed by atoms with Crippen molar-refractivity contribution in [2.24, 2.45) is 0 Å². The summed E-state index contributed by atoms with van der Waals surface area (Å²) in [5, 5.41) is 14.1. The number of rotatable bonds is 0. The van der Waals surface area contributed by atoms with E-state index in [-0.39, 0.29) is 0 Å². The predicted octanol–water partition coefficient (Wildman–Crippen LogP) is 4.79. The second-order valence-corrected chi connectivity index (χ2v) is 5.21. The largest absolute Gasteiger partial charge is 0.192 e. The van der Waals surface area contributed by atoms with E-state index in [9.17, 15) is 5.26 Å². The van der Waals surface area contributed by atoms with Crippen molar-refractivity contribution in [1.29, 1.82) is 5.26 Å². The fourth-order valence-corrected chi connectivity index (χ4v) is 2.78. The van der Waals surface area contributed by atoms with Crippen LogP contribution >= 0.6 is 0 Å². The minimum absolute atomic E-state index is 0.803. The molecule has 0 heterocycles. The molecule has 0 aromatic heterocycles. The molecule has 0 amide bonds. The first kappa shape index (κ1) is 11.7. The first-order valence-corrected chi connectivity index (χ1v) is 6.45. The van der Waals surface area contributed by atoms with E-state index in [1.807, 2.05) is 6.92 Å². The van der Waals surface area contributed by atoms with Gasteiger partial charge in [0.15, 0.2) is 0 Å². The zero-order chi connectivity index (χ0) is 13.6. The SMILES string of the molecule is Cc1ccc2c(c1)c(C)c(C#N)c1cc(C)ccc12. The van der Waals surface area contributed by atoms with E-state index in [0.29, 0.717) is 0 Å². The van der Waals surface area contributed by atoms with Gasteiger partial charge in [0.05, 0.1) is 5.56 Å². The van der Waals surface area contributed by atoms with Crippen LogP contribution in [0.4, 0.5) is 0 Å². The van der Waals surface area contributed by atoms with Crippen LogP contribution in [0.3, 0.4) is 0 Å². The third-order valence-electron chi connectivity index (χ3n) is 3.80. The molecule has 0 bridgehead atoms. The Bertz CT molecular complexity index is 851. The van der Waals surface area contributed by atoms with Crippen LogP contribution in [0.5, 0.6) is 0 Å². The van der Waals surface area contributed by atoms with Crippen LogP contribution in [0, 0.1) is 32.1 Å². The highest BCUT2D eigenvalue weighted by atomic mass is 14.3. The van der Waals surface area contributed by atoms with Gasteiger partial charge in [0.2, 0.25) is 0 Å². The summed E-state index contributed by atoms with van der Waals surface area (Å²) < 4.78 is 0. The van der Waals surface area contributed by atoms with Crippen LogP contribution in [-0.2, 0) is 0 Å². The molecule has 1 heteroatoms. The lowest BCUT2D eigenvalue weighted by Gasteiger charge is -2.11. The third-order valence-corrected chi connectivity index (χ3v) is 3.80. The maximum atomic E-state index is 9.49. The Kier molecular flexibility index (Phi) is 2.54. The van der Waals surface area contributed by atoms with Crippen molar-refractivity contribution >= 4 is 21.5 Å². The molecule has 0 saturated heterocycles.